The van der Waals surface area contributed by atoms with Gasteiger partial charge in [0.1, 0.15) is 5.75 Å². The first kappa shape index (κ1) is 16.5. The number of carbonyl (C=O) groups excluding carboxylic acids is 1. The van der Waals surface area contributed by atoms with Crippen LogP contribution in [0.3, 0.4) is 0 Å². The van der Waals surface area contributed by atoms with Gasteiger partial charge in [-0.1, -0.05) is 12.1 Å². The molecular weight excluding hydrogens is 252 g/mol. The summed E-state index contributed by atoms with van der Waals surface area (Å²) < 4.78 is 5.61. The fourth-order valence-electron chi connectivity index (χ4n) is 1.95. The molecule has 1 atom stereocenters. The van der Waals surface area contributed by atoms with Crippen LogP contribution in [0.25, 0.3) is 0 Å². The van der Waals surface area contributed by atoms with Gasteiger partial charge in [-0.15, -0.1) is 0 Å². The first-order valence-electron chi connectivity index (χ1n) is 7.20. The van der Waals surface area contributed by atoms with Crippen molar-refractivity contribution in [2.24, 2.45) is 0 Å². The Morgan fingerprint density at radius 2 is 1.85 bits per heavy atom. The van der Waals surface area contributed by atoms with Crippen molar-refractivity contribution >= 4 is 5.91 Å². The highest BCUT2D eigenvalue weighted by Gasteiger charge is 2.06. The molecule has 0 saturated heterocycles. The molecule has 1 rings (SSSR count). The fourth-order valence-corrected chi connectivity index (χ4v) is 1.95. The topological polar surface area (TPSA) is 50.4 Å². The molecule has 1 unspecified atom stereocenters. The normalized spacial score (nSPS) is 12.2. The third-order valence-corrected chi connectivity index (χ3v) is 2.91. The highest BCUT2D eigenvalue weighted by molar-refractivity contribution is 5.78. The quantitative estimate of drug-likeness (QED) is 0.766. The summed E-state index contributed by atoms with van der Waals surface area (Å²) in [6.45, 7) is 6.43. The lowest BCUT2D eigenvalue weighted by molar-refractivity contribution is -0.120. The second kappa shape index (κ2) is 8.59. The Kier molecular flexibility index (Phi) is 7.09. The van der Waals surface area contributed by atoms with E-state index in [1.54, 1.807) is 7.05 Å². The molecular formula is C16H26N2O2. The maximum Gasteiger partial charge on any atom is 0.234 e. The largest absolute Gasteiger partial charge is 0.491 e. The number of nitrogens with one attached hydrogen (secondary N) is 2. The monoisotopic (exact) mass is 278 g/mol. The van der Waals surface area contributed by atoms with Gasteiger partial charge in [0.05, 0.1) is 12.6 Å². The molecule has 0 heterocycles. The molecule has 0 bridgehead atoms. The van der Waals surface area contributed by atoms with Gasteiger partial charge < -0.3 is 15.4 Å². The number of ether oxygens (including phenoxy) is 1. The Balaban J connectivity index is 2.36. The molecule has 0 radical (unpaired) electrons. The number of hydrogen-bond acceptors (Lipinski definition) is 3. The van der Waals surface area contributed by atoms with Crippen LogP contribution >= 0.6 is 0 Å². The van der Waals surface area contributed by atoms with Crippen LogP contribution in [0.5, 0.6) is 5.75 Å². The van der Waals surface area contributed by atoms with Gasteiger partial charge in [-0.3, -0.25) is 4.79 Å². The lowest BCUT2D eigenvalue weighted by Crippen LogP contribution is -2.38. The molecule has 4 nitrogen and oxygen atoms in total. The molecule has 2 N–H and O–H groups in total. The maximum absolute atomic E-state index is 11.4. The van der Waals surface area contributed by atoms with E-state index in [9.17, 15) is 4.79 Å². The highest BCUT2D eigenvalue weighted by Crippen LogP contribution is 2.15. The van der Waals surface area contributed by atoms with E-state index in [-0.39, 0.29) is 18.1 Å². The maximum atomic E-state index is 11.4. The molecule has 0 aliphatic carbocycles. The minimum Gasteiger partial charge on any atom is -0.491 e. The average molecular weight is 278 g/mol. The van der Waals surface area contributed by atoms with Crippen LogP contribution in [0.2, 0.25) is 0 Å². The Bertz CT molecular complexity index is 401. The van der Waals surface area contributed by atoms with Gasteiger partial charge in [0.2, 0.25) is 5.91 Å². The molecule has 1 aromatic rings. The molecule has 0 spiro atoms. The van der Waals surface area contributed by atoms with Crippen LogP contribution in [0.4, 0.5) is 0 Å². The molecule has 112 valence electrons. The van der Waals surface area contributed by atoms with Crippen molar-refractivity contribution in [3.8, 4) is 5.75 Å². The van der Waals surface area contributed by atoms with Gasteiger partial charge in [-0.25, -0.2) is 0 Å². The molecule has 20 heavy (non-hydrogen) atoms. The van der Waals surface area contributed by atoms with Gasteiger partial charge in [-0.05, 0) is 58.4 Å². The molecule has 1 amide bonds. The number of aryl methyl sites for hydroxylation is 1. The van der Waals surface area contributed by atoms with Crippen LogP contribution < -0.4 is 15.4 Å². The lowest BCUT2D eigenvalue weighted by atomic mass is 10.1. The SMILES string of the molecule is CNCC(=O)NC(C)CCc1ccc(OC(C)C)cc1. The first-order chi connectivity index (χ1) is 9.51. The standard InChI is InChI=1S/C16H26N2O2/c1-12(2)20-15-9-7-14(8-10-15)6-5-13(3)18-16(19)11-17-4/h7-10,12-13,17H,5-6,11H2,1-4H3,(H,18,19). The third-order valence-electron chi connectivity index (χ3n) is 2.91. The van der Waals surface area contributed by atoms with Crippen molar-refractivity contribution in [2.75, 3.05) is 13.6 Å². The van der Waals surface area contributed by atoms with Crippen LogP contribution in [-0.4, -0.2) is 31.6 Å². The first-order valence-corrected chi connectivity index (χ1v) is 7.20. The zero-order valence-corrected chi connectivity index (χ0v) is 12.9. The zero-order valence-electron chi connectivity index (χ0n) is 12.9. The summed E-state index contributed by atoms with van der Waals surface area (Å²) in [5.74, 6) is 0.944. The average Bonchev–Trinajstić information content (AvgIpc) is 2.37. The molecule has 0 fully saturated rings. The van der Waals surface area contributed by atoms with E-state index in [1.165, 1.54) is 5.56 Å². The number of amides is 1. The fraction of sp³-hybridized carbons (Fsp3) is 0.562. The smallest absolute Gasteiger partial charge is 0.234 e. The van der Waals surface area contributed by atoms with E-state index in [0.29, 0.717) is 6.54 Å². The van der Waals surface area contributed by atoms with E-state index >= 15 is 0 Å². The Hall–Kier alpha value is -1.55. The van der Waals surface area contributed by atoms with Crippen LogP contribution in [0.15, 0.2) is 24.3 Å². The summed E-state index contributed by atoms with van der Waals surface area (Å²) in [7, 11) is 1.77. The number of carbonyl (C=O) groups is 1. The van der Waals surface area contributed by atoms with Crippen LogP contribution in [0, 0.1) is 0 Å². The van der Waals surface area contributed by atoms with Crippen molar-refractivity contribution < 1.29 is 9.53 Å². The second-order valence-corrected chi connectivity index (χ2v) is 5.35. The summed E-state index contributed by atoms with van der Waals surface area (Å²) in [5.41, 5.74) is 1.26. The predicted octanol–water partition coefficient (Wildman–Crippen LogP) is 2.13. The van der Waals surface area contributed by atoms with Gasteiger partial charge >= 0.3 is 0 Å². The summed E-state index contributed by atoms with van der Waals surface area (Å²) in [6, 6.07) is 8.35. The van der Waals surface area contributed by atoms with Gasteiger partial charge in [0, 0.05) is 6.04 Å². The molecule has 0 saturated carbocycles. The molecule has 4 heteroatoms. The highest BCUT2D eigenvalue weighted by atomic mass is 16.5. The molecule has 0 aliphatic rings. The zero-order chi connectivity index (χ0) is 15.0. The van der Waals surface area contributed by atoms with E-state index in [2.05, 4.69) is 22.8 Å². The summed E-state index contributed by atoms with van der Waals surface area (Å²) in [4.78, 5) is 11.4. The van der Waals surface area contributed by atoms with Crippen LogP contribution in [-0.2, 0) is 11.2 Å². The summed E-state index contributed by atoms with van der Waals surface area (Å²) in [5, 5.41) is 5.80. The van der Waals surface area contributed by atoms with Gasteiger partial charge in [0.15, 0.2) is 0 Å². The second-order valence-electron chi connectivity index (χ2n) is 5.35. The minimum absolute atomic E-state index is 0.0423. The van der Waals surface area contributed by atoms with Gasteiger partial charge in [0.25, 0.3) is 0 Å². The molecule has 0 aromatic heterocycles. The van der Waals surface area contributed by atoms with E-state index in [4.69, 9.17) is 4.74 Å². The van der Waals surface area contributed by atoms with Gasteiger partial charge in [-0.2, -0.15) is 0 Å². The van der Waals surface area contributed by atoms with Crippen molar-refractivity contribution in [2.45, 2.75) is 45.8 Å². The predicted molar refractivity (Wildman–Crippen MR) is 82.1 cm³/mol. The van der Waals surface area contributed by atoms with Crippen molar-refractivity contribution in [3.63, 3.8) is 0 Å². The number of benzene rings is 1. The van der Waals surface area contributed by atoms with E-state index in [1.807, 2.05) is 32.9 Å². The number of likely N-dealkylation sites (N-methyl/N-ethyl adjacent to an activating group) is 1. The Morgan fingerprint density at radius 3 is 2.40 bits per heavy atom. The van der Waals surface area contributed by atoms with Crippen molar-refractivity contribution in [1.29, 1.82) is 0 Å². The summed E-state index contributed by atoms with van der Waals surface area (Å²) >= 11 is 0. The van der Waals surface area contributed by atoms with E-state index in [0.717, 1.165) is 18.6 Å². The van der Waals surface area contributed by atoms with E-state index < -0.39 is 0 Å². The Morgan fingerprint density at radius 1 is 1.20 bits per heavy atom. The van der Waals surface area contributed by atoms with Crippen molar-refractivity contribution in [1.82, 2.24) is 10.6 Å². The lowest BCUT2D eigenvalue weighted by Gasteiger charge is -2.14. The third kappa shape index (κ3) is 6.57. The Labute approximate surface area is 121 Å². The molecule has 0 aliphatic heterocycles. The minimum atomic E-state index is 0.0423. The molecule has 1 aromatic carbocycles. The summed E-state index contributed by atoms with van der Waals surface area (Å²) in [6.07, 6.45) is 2.08. The number of hydrogen-bond donors (Lipinski definition) is 2. The van der Waals surface area contributed by atoms with Crippen molar-refractivity contribution in [3.05, 3.63) is 29.8 Å². The van der Waals surface area contributed by atoms with Crippen LogP contribution in [0.1, 0.15) is 32.8 Å². The number of rotatable bonds is 8.